The van der Waals surface area contributed by atoms with Gasteiger partial charge in [-0.1, -0.05) is 36.4 Å². The van der Waals surface area contributed by atoms with Crippen molar-refractivity contribution in [3.63, 3.8) is 0 Å². The summed E-state index contributed by atoms with van der Waals surface area (Å²) in [7, 11) is 1.49. The number of hydrogen-bond acceptors (Lipinski definition) is 17. The average molecular weight is 817 g/mol. The van der Waals surface area contributed by atoms with Crippen LogP contribution in [0.2, 0.25) is 0 Å². The quantitative estimate of drug-likeness (QED) is 0.0672. The van der Waals surface area contributed by atoms with Crippen LogP contribution in [0.3, 0.4) is 0 Å². The van der Waals surface area contributed by atoms with Crippen LogP contribution in [0.4, 0.5) is 0 Å². The number of esters is 1. The average Bonchev–Trinajstić information content (AvgIpc) is 3.92. The highest BCUT2D eigenvalue weighted by molar-refractivity contribution is 5.90. The molecular weight excluding hydrogens is 772 g/mol. The molecule has 3 aromatic carbocycles. The normalized spacial score (nSPS) is 26.7. The summed E-state index contributed by atoms with van der Waals surface area (Å²) >= 11 is 0. The molecule has 5 aliphatic heterocycles. The Morgan fingerprint density at radius 1 is 1.03 bits per heavy atom. The molecule has 0 saturated carbocycles. The van der Waals surface area contributed by atoms with Crippen LogP contribution in [-0.4, -0.2) is 118 Å². The molecule has 9 N–H and O–H groups in total. The standard InChI is InChI=1S/C41H44N4O14/c1-53-36-25(54-18-46)8-7-23-31-26(11-19-5-3-2-4-6-19)56-27-13-22(12-21(30(27)37(31)58-35(23)36)16-45-15-20-9-10-44-24(20)17-45)55-41-34(52)32(50)33(51)38(59-41)39(40(42)43)57-29(49)14-28(47)48/h2-10,12-13,17,26,31-34,37-41,46,50-52H,11,14-16,18,42-43H2,1H3,(H,47,48). The van der Waals surface area contributed by atoms with Gasteiger partial charge in [0.15, 0.2) is 24.4 Å². The molecule has 9 unspecified atom stereocenters. The van der Waals surface area contributed by atoms with Crippen molar-refractivity contribution in [3.05, 3.63) is 100 Å². The summed E-state index contributed by atoms with van der Waals surface area (Å²) in [6, 6.07) is 16.8. The summed E-state index contributed by atoms with van der Waals surface area (Å²) in [6.07, 6.45) is -8.10. The molecule has 0 amide bonds. The highest BCUT2D eigenvalue weighted by Gasteiger charge is 2.52. The lowest BCUT2D eigenvalue weighted by atomic mass is 9.80. The summed E-state index contributed by atoms with van der Waals surface area (Å²) < 4.78 is 42.4. The molecule has 18 heteroatoms. The second-order valence-corrected chi connectivity index (χ2v) is 14.7. The van der Waals surface area contributed by atoms with Gasteiger partial charge in [0, 0.05) is 54.7 Å². The van der Waals surface area contributed by atoms with E-state index in [4.69, 9.17) is 49.7 Å². The van der Waals surface area contributed by atoms with Gasteiger partial charge in [0.05, 0.1) is 24.9 Å². The molecule has 1 fully saturated rings. The third-order valence-corrected chi connectivity index (χ3v) is 10.9. The summed E-state index contributed by atoms with van der Waals surface area (Å²) in [5, 5.41) is 51.7. The van der Waals surface area contributed by atoms with E-state index in [2.05, 4.69) is 9.89 Å². The number of aliphatic hydroxyl groups is 4. The van der Waals surface area contributed by atoms with E-state index < -0.39 is 80.3 Å². The Morgan fingerprint density at radius 2 is 1.83 bits per heavy atom. The zero-order valence-corrected chi connectivity index (χ0v) is 31.7. The van der Waals surface area contributed by atoms with Gasteiger partial charge < -0.3 is 75.1 Å². The van der Waals surface area contributed by atoms with E-state index in [1.54, 1.807) is 24.4 Å². The van der Waals surface area contributed by atoms with E-state index in [-0.39, 0.29) is 11.7 Å². The largest absolute Gasteiger partial charge is 0.490 e. The molecule has 312 valence electrons. The highest BCUT2D eigenvalue weighted by atomic mass is 16.7. The number of benzene rings is 3. The monoisotopic (exact) mass is 816 g/mol. The van der Waals surface area contributed by atoms with Crippen molar-refractivity contribution in [1.29, 1.82) is 0 Å². The van der Waals surface area contributed by atoms with Crippen molar-refractivity contribution in [2.75, 3.05) is 20.4 Å². The van der Waals surface area contributed by atoms with Crippen LogP contribution in [0.15, 0.2) is 83.1 Å². The molecule has 0 radical (unpaired) electrons. The molecule has 0 bridgehead atoms. The van der Waals surface area contributed by atoms with Gasteiger partial charge in [0.2, 0.25) is 12.0 Å². The van der Waals surface area contributed by atoms with Crippen molar-refractivity contribution >= 4 is 18.2 Å². The first kappa shape index (κ1) is 40.1. The molecular formula is C41H44N4O14. The number of carbonyl (C=O) groups is 2. The molecule has 0 aliphatic carbocycles. The predicted octanol–water partition coefficient (Wildman–Crippen LogP) is 0.729. The Morgan fingerprint density at radius 3 is 2.54 bits per heavy atom. The van der Waals surface area contributed by atoms with Gasteiger partial charge in [-0.2, -0.15) is 0 Å². The molecule has 3 aromatic rings. The zero-order valence-electron chi connectivity index (χ0n) is 31.7. The zero-order chi connectivity index (χ0) is 41.5. The van der Waals surface area contributed by atoms with Gasteiger partial charge in [0.25, 0.3) is 0 Å². The first-order valence-corrected chi connectivity index (χ1v) is 18.9. The van der Waals surface area contributed by atoms with Gasteiger partial charge in [-0.25, -0.2) is 0 Å². The third-order valence-electron chi connectivity index (χ3n) is 10.9. The van der Waals surface area contributed by atoms with Crippen LogP contribution >= 0.6 is 0 Å². The number of nitrogens with zero attached hydrogens (tertiary/aromatic N) is 2. The number of methoxy groups -OCH3 is 1. The molecule has 59 heavy (non-hydrogen) atoms. The smallest absolute Gasteiger partial charge is 0.317 e. The van der Waals surface area contributed by atoms with Crippen LogP contribution < -0.4 is 35.2 Å². The fraction of sp³-hybridized carbons (Fsp3) is 0.390. The number of allylic oxidation sites excluding steroid dienone is 1. The Bertz CT molecular complexity index is 2180. The molecule has 8 rings (SSSR count). The maximum Gasteiger partial charge on any atom is 0.317 e. The van der Waals surface area contributed by atoms with E-state index in [0.29, 0.717) is 53.6 Å². The minimum absolute atomic E-state index is 0.134. The van der Waals surface area contributed by atoms with Gasteiger partial charge in [-0.15, -0.1) is 0 Å². The van der Waals surface area contributed by atoms with Crippen LogP contribution in [0, 0.1) is 0 Å². The lowest BCUT2D eigenvalue weighted by Gasteiger charge is -2.43. The van der Waals surface area contributed by atoms with Gasteiger partial charge in [-0.3, -0.25) is 14.6 Å². The van der Waals surface area contributed by atoms with Crippen molar-refractivity contribution in [1.82, 2.24) is 4.90 Å². The van der Waals surface area contributed by atoms with Crippen molar-refractivity contribution in [2.24, 2.45) is 16.5 Å². The molecule has 18 nitrogen and oxygen atoms in total. The van der Waals surface area contributed by atoms with Crippen LogP contribution in [0.1, 0.15) is 40.7 Å². The number of aliphatic carboxylic acids is 1. The third kappa shape index (κ3) is 7.78. The molecule has 0 aromatic heterocycles. The second kappa shape index (κ2) is 16.5. The van der Waals surface area contributed by atoms with Crippen molar-refractivity contribution in [3.8, 4) is 28.7 Å². The minimum atomic E-state index is -1.90. The predicted molar refractivity (Wildman–Crippen MR) is 204 cm³/mol. The first-order valence-electron chi connectivity index (χ1n) is 18.9. The lowest BCUT2D eigenvalue weighted by Crippen LogP contribution is -2.66. The second-order valence-electron chi connectivity index (χ2n) is 14.7. The summed E-state index contributed by atoms with van der Waals surface area (Å²) in [5.41, 5.74) is 16.9. The summed E-state index contributed by atoms with van der Waals surface area (Å²) in [4.78, 5) is 30.0. The van der Waals surface area contributed by atoms with Gasteiger partial charge >= 0.3 is 11.9 Å². The summed E-state index contributed by atoms with van der Waals surface area (Å²) in [6.45, 7) is 0.313. The molecule has 9 atom stereocenters. The number of aliphatic hydroxyl groups excluding tert-OH is 4. The summed E-state index contributed by atoms with van der Waals surface area (Å²) in [5.74, 6) is -1.45. The number of aliphatic imine (C=N–C) groups is 1. The first-order chi connectivity index (χ1) is 28.4. The van der Waals surface area contributed by atoms with E-state index in [1.807, 2.05) is 48.7 Å². The van der Waals surface area contributed by atoms with Crippen LogP contribution in [-0.2, 0) is 32.0 Å². The molecule has 1 saturated heterocycles. The number of rotatable bonds is 14. The number of fused-ring (bicyclic) bond motifs is 6. The number of carboxylic acid groups (broad SMARTS) is 1. The number of hydrogen-bond donors (Lipinski definition) is 7. The van der Waals surface area contributed by atoms with Crippen LogP contribution in [0.25, 0.3) is 0 Å². The number of carbonyl (C=O) groups excluding carboxylic acids is 1. The van der Waals surface area contributed by atoms with E-state index >= 15 is 0 Å². The number of carboxylic acids is 1. The number of ether oxygens (including phenoxy) is 7. The van der Waals surface area contributed by atoms with E-state index in [9.17, 15) is 30.0 Å². The Labute approximate surface area is 337 Å². The lowest BCUT2D eigenvalue weighted by molar-refractivity contribution is -0.291. The molecule has 5 aliphatic rings. The SMILES string of the molecule is COc1c(OCO)ccc2c1OC1c3c(CN4C=C5N=CC=C5C4)cc(OC4OC(C(OC(=O)CC(=O)O)C(N)N)C(O)C(O)C4O)cc3OC(Cc3ccccc3)C21. The van der Waals surface area contributed by atoms with Crippen molar-refractivity contribution < 1.29 is 68.3 Å². The Hall–Kier alpha value is -5.73. The Kier molecular flexibility index (Phi) is 11.2. The van der Waals surface area contributed by atoms with Gasteiger partial charge in [-0.05, 0) is 29.3 Å². The maximum atomic E-state index is 12.3. The maximum absolute atomic E-state index is 12.3. The molecule has 5 heterocycles. The topological polar surface area (TPSA) is 268 Å². The molecule has 0 spiro atoms. The van der Waals surface area contributed by atoms with Gasteiger partial charge in [0.1, 0.15) is 54.5 Å². The Balaban J connectivity index is 1.19. The minimum Gasteiger partial charge on any atom is -0.490 e. The fourth-order valence-corrected chi connectivity index (χ4v) is 8.29. The van der Waals surface area contributed by atoms with Crippen LogP contribution in [0.5, 0.6) is 28.7 Å². The number of nitrogens with two attached hydrogens (primary N) is 2. The van der Waals surface area contributed by atoms with Crippen molar-refractivity contribution in [2.45, 2.75) is 80.5 Å². The highest BCUT2D eigenvalue weighted by Crippen LogP contribution is 2.59. The van der Waals surface area contributed by atoms with E-state index in [0.717, 1.165) is 22.4 Å². The van der Waals surface area contributed by atoms with E-state index in [1.165, 1.54) is 7.11 Å². The fourth-order valence-electron chi connectivity index (χ4n) is 8.29.